The Labute approximate surface area is 651 Å². The molecule has 0 heterocycles. The van der Waals surface area contributed by atoms with Gasteiger partial charge in [-0.05, 0) is 227 Å². The first-order valence-corrected chi connectivity index (χ1v) is 38.1. The number of aryl methyl sites for hydroxylation is 12. The minimum Gasteiger partial charge on any atom is -0.418 e. The molecular formula is C80H96B2Cl4F8N4P2Rh2. The van der Waals surface area contributed by atoms with E-state index in [1.165, 1.54) is 151 Å². The van der Waals surface area contributed by atoms with E-state index in [-0.39, 0.29) is 49.6 Å². The number of alkyl halides is 4. The number of aliphatic imine (C=N–C) groups is 2. The predicted octanol–water partition coefficient (Wildman–Crippen LogP) is 25.8. The van der Waals surface area contributed by atoms with Crippen LogP contribution in [0, 0.1) is 83.1 Å². The van der Waals surface area contributed by atoms with Crippen LogP contribution in [-0.2, 0) is 39.0 Å². The van der Waals surface area contributed by atoms with Gasteiger partial charge >= 0.3 is 14.5 Å². The smallest absolute Gasteiger partial charge is 0.418 e. The number of halogens is 12. The summed E-state index contributed by atoms with van der Waals surface area (Å²) in [5.41, 5.74) is 19.7. The zero-order valence-corrected chi connectivity index (χ0v) is 68.5. The average Bonchev–Trinajstić information content (AvgIpc) is 0.786. The van der Waals surface area contributed by atoms with Crippen LogP contribution in [0.2, 0.25) is 0 Å². The van der Waals surface area contributed by atoms with Gasteiger partial charge in [0.1, 0.15) is 33.9 Å². The van der Waals surface area contributed by atoms with Crippen molar-refractivity contribution in [3.63, 3.8) is 0 Å². The molecule has 0 spiro atoms. The molecule has 0 aliphatic heterocycles. The van der Waals surface area contributed by atoms with Crippen LogP contribution in [0.5, 0.6) is 0 Å². The molecule has 0 saturated carbocycles. The Bertz CT molecular complexity index is 3390. The van der Waals surface area contributed by atoms with E-state index in [0.717, 1.165) is 11.4 Å². The zero-order valence-electron chi connectivity index (χ0n) is 60.2. The fourth-order valence-electron chi connectivity index (χ4n) is 11.5. The van der Waals surface area contributed by atoms with Gasteiger partial charge in [-0.15, -0.1) is 46.4 Å². The van der Waals surface area contributed by atoms with Crippen LogP contribution >= 0.6 is 62.5 Å². The van der Waals surface area contributed by atoms with Crippen LogP contribution in [0.25, 0.3) is 0 Å². The standard InChI is InChI=1S/2C31H33N2P.2C8H12.2CH2Cl2.2BF4.2Rh/c2*1-22-17-24(3)30(25(4)18-22)32-21-33(31-26(5)19-23(2)20-27(31)6)34(28-13-9-7-10-14-28)29-15-11-8-12-16-29;2*1-2-4-6-8-7-5-3-1;2*2-1-3;2*2-1(3,4)5;;/h2*7-21H,1-6H3;2*1-2,7-8H,3-6H2;2*1H2;;;;/q;;;;;;2*-1;;/p+2/b;;2*2-1-,8-7-;;;;;;. The first-order valence-electron chi connectivity index (χ1n) is 33.1. The molecule has 0 amide bonds. The van der Waals surface area contributed by atoms with Gasteiger partial charge in [0.15, 0.2) is 16.1 Å². The van der Waals surface area contributed by atoms with Crippen molar-refractivity contribution >= 4 is 134 Å². The summed E-state index contributed by atoms with van der Waals surface area (Å²) in [7, 11) is -14.7. The molecule has 102 heavy (non-hydrogen) atoms. The van der Waals surface area contributed by atoms with Gasteiger partial charge in [-0.2, -0.15) is 9.34 Å². The molecule has 2 aliphatic carbocycles. The van der Waals surface area contributed by atoms with Gasteiger partial charge in [-0.3, -0.25) is 0 Å². The summed E-state index contributed by atoms with van der Waals surface area (Å²) in [4.78, 5) is 10.3. The number of nitrogens with zero attached hydrogens (tertiary/aromatic N) is 4. The van der Waals surface area contributed by atoms with E-state index >= 15 is 0 Å². The number of allylic oxidation sites excluding steroid dienone is 8. The number of rotatable bonds is 12. The topological polar surface area (TPSA) is 31.2 Å². The summed E-state index contributed by atoms with van der Waals surface area (Å²) >= 11 is 19.1. The third-order valence-corrected chi connectivity index (χ3v) is 20.1. The van der Waals surface area contributed by atoms with Crippen molar-refractivity contribution in [2.45, 2.75) is 134 Å². The molecular weight excluding hydrogens is 1600 g/mol. The van der Waals surface area contributed by atoms with Crippen LogP contribution in [0.15, 0.2) is 228 Å². The second-order valence-electron chi connectivity index (χ2n) is 23.8. The van der Waals surface area contributed by atoms with Gasteiger partial charge in [-0.1, -0.05) is 192 Å². The van der Waals surface area contributed by atoms with Crippen molar-refractivity contribution in [2.75, 3.05) is 20.0 Å². The van der Waals surface area contributed by atoms with E-state index in [1.807, 2.05) is 0 Å². The third kappa shape index (κ3) is 37.5. The summed E-state index contributed by atoms with van der Waals surface area (Å²) in [6.45, 7) is 26.1. The van der Waals surface area contributed by atoms with Gasteiger partial charge < -0.3 is 34.5 Å². The van der Waals surface area contributed by atoms with Crippen LogP contribution < -0.4 is 30.6 Å². The molecule has 0 N–H and O–H groups in total. The third-order valence-electron chi connectivity index (χ3n) is 15.0. The Morgan fingerprint density at radius 2 is 0.471 bits per heavy atom. The molecule has 0 saturated heterocycles. The summed E-state index contributed by atoms with van der Waals surface area (Å²) in [6.07, 6.45) is 32.2. The Balaban J connectivity index is 0.000000704. The molecule has 0 unspecified atom stereocenters. The maximum Gasteiger partial charge on any atom is 0.673 e. The minimum atomic E-state index is -6.00. The quantitative estimate of drug-likeness (QED) is 0.0232. The Morgan fingerprint density at radius 1 is 0.314 bits per heavy atom. The number of hydrogen-bond donors (Lipinski definition) is 0. The number of benzene rings is 8. The number of hydrogen-bond acceptors (Lipinski definition) is 2. The number of anilines is 2. The van der Waals surface area contributed by atoms with Crippen molar-refractivity contribution in [1.29, 1.82) is 0 Å². The molecule has 8 aromatic carbocycles. The fourth-order valence-corrected chi connectivity index (χ4v) is 16.8. The van der Waals surface area contributed by atoms with Gasteiger partial charge in [0, 0.05) is 39.0 Å². The second-order valence-corrected chi connectivity index (χ2v) is 30.1. The summed E-state index contributed by atoms with van der Waals surface area (Å²) < 4.78 is 82.9. The molecule has 2 aliphatic rings. The SMILES string of the molecule is C1=C\CC/C=C\CC/1.C1=C\CC/C=C\CC/1.Cc1cc(C)c(N=CN(c2c(C)cc(C)cc2C)[PH+](c2ccccc2)c2ccccc2)c(C)c1.Cc1cc(C)c(N=CN(c2c(C)cc(C)cc2C)[PH+](c2ccccc2)c2ccccc2)c(C)c1.ClCCl.ClCCl.F[B-](F)(F)F.F[B-](F)(F)F.[Rh].[Rh]. The van der Waals surface area contributed by atoms with Gasteiger partial charge in [-0.25, -0.2) is 9.98 Å². The van der Waals surface area contributed by atoms with E-state index in [2.05, 4.69) is 324 Å². The fraction of sp³-hybridized carbons (Fsp3) is 0.275. The van der Waals surface area contributed by atoms with Crippen molar-refractivity contribution in [3.8, 4) is 0 Å². The maximum atomic E-state index is 9.75. The molecule has 0 fully saturated rings. The maximum absolute atomic E-state index is 9.75. The molecule has 0 aromatic heterocycles. The molecule has 4 nitrogen and oxygen atoms in total. The summed E-state index contributed by atoms with van der Waals surface area (Å²) in [5.74, 6) is 0. The molecule has 22 heteroatoms. The summed E-state index contributed by atoms with van der Waals surface area (Å²) in [5, 5.41) is 5.73. The van der Waals surface area contributed by atoms with Gasteiger partial charge in [0.05, 0.1) is 33.4 Å². The van der Waals surface area contributed by atoms with Crippen molar-refractivity contribution in [3.05, 3.63) is 285 Å². The molecule has 2 radical (unpaired) electrons. The molecule has 8 aromatic rings. The first kappa shape index (κ1) is 94.5. The van der Waals surface area contributed by atoms with Crippen LogP contribution in [0.3, 0.4) is 0 Å². The summed E-state index contributed by atoms with van der Waals surface area (Å²) in [6, 6.07) is 61.5. The van der Waals surface area contributed by atoms with Crippen molar-refractivity contribution in [2.24, 2.45) is 9.98 Å². The molecule has 554 valence electrons. The van der Waals surface area contributed by atoms with Gasteiger partial charge in [0.2, 0.25) is 0 Å². The molecule has 0 bridgehead atoms. The predicted molar refractivity (Wildman–Crippen MR) is 432 cm³/mol. The van der Waals surface area contributed by atoms with Crippen LogP contribution in [-0.4, -0.2) is 37.9 Å². The first-order chi connectivity index (χ1) is 47.5. The monoisotopic (exact) mass is 1690 g/mol. The van der Waals surface area contributed by atoms with Gasteiger partial charge in [0.25, 0.3) is 0 Å². The van der Waals surface area contributed by atoms with Crippen LogP contribution in [0.4, 0.5) is 57.3 Å². The van der Waals surface area contributed by atoms with Crippen molar-refractivity contribution < 1.29 is 73.5 Å². The normalized spacial score (nSPS) is 13.5. The second kappa shape index (κ2) is 51.6. The zero-order chi connectivity index (χ0) is 74.2. The molecule has 0 atom stereocenters. The van der Waals surface area contributed by atoms with E-state index in [9.17, 15) is 34.5 Å². The average molecular weight is 1700 g/mol. The van der Waals surface area contributed by atoms with E-state index < -0.39 is 30.7 Å². The van der Waals surface area contributed by atoms with Crippen LogP contribution in [0.1, 0.15) is 118 Å². The Hall–Kier alpha value is -5.50. The largest absolute Gasteiger partial charge is 0.673 e. The molecule has 10 rings (SSSR count). The minimum absolute atomic E-state index is 0. The van der Waals surface area contributed by atoms with E-state index in [1.54, 1.807) is 0 Å². The van der Waals surface area contributed by atoms with E-state index in [0.29, 0.717) is 0 Å². The van der Waals surface area contributed by atoms with Crippen molar-refractivity contribution in [1.82, 2.24) is 0 Å². The Morgan fingerprint density at radius 3 is 0.637 bits per heavy atom. The van der Waals surface area contributed by atoms with E-state index in [4.69, 9.17) is 56.4 Å². The Kier molecular flexibility index (Phi) is 47.9.